The molecule has 2 heteroatoms. The zero-order chi connectivity index (χ0) is 12.5. The predicted molar refractivity (Wildman–Crippen MR) is 72.8 cm³/mol. The summed E-state index contributed by atoms with van der Waals surface area (Å²) in [6.45, 7) is 0. The first-order valence-corrected chi connectivity index (χ1v) is 6.27. The summed E-state index contributed by atoms with van der Waals surface area (Å²) in [4.78, 5) is 0. The monoisotopic (exact) mass is 239 g/mol. The summed E-state index contributed by atoms with van der Waals surface area (Å²) in [5, 5.41) is 0. The molecule has 3 rings (SSSR count). The lowest BCUT2D eigenvalue weighted by Crippen LogP contribution is -2.28. The second-order valence-electron chi connectivity index (χ2n) is 4.81. The van der Waals surface area contributed by atoms with E-state index in [9.17, 15) is 0 Å². The van der Waals surface area contributed by atoms with Gasteiger partial charge in [-0.2, -0.15) is 0 Å². The van der Waals surface area contributed by atoms with E-state index in [1.165, 1.54) is 16.7 Å². The van der Waals surface area contributed by atoms with Crippen LogP contribution >= 0.6 is 0 Å². The SMILES string of the molecule is COc1ccc(C(N)C2Cc3ccccc32)cc1. The van der Waals surface area contributed by atoms with Gasteiger partial charge in [-0.05, 0) is 35.2 Å². The van der Waals surface area contributed by atoms with Crippen molar-refractivity contribution in [2.45, 2.75) is 18.4 Å². The first-order valence-electron chi connectivity index (χ1n) is 6.27. The second kappa shape index (κ2) is 4.46. The van der Waals surface area contributed by atoms with Gasteiger partial charge >= 0.3 is 0 Å². The van der Waals surface area contributed by atoms with E-state index in [0.29, 0.717) is 5.92 Å². The van der Waals surface area contributed by atoms with E-state index < -0.39 is 0 Å². The third-order valence-electron chi connectivity index (χ3n) is 3.83. The molecule has 2 nitrogen and oxygen atoms in total. The van der Waals surface area contributed by atoms with Crippen molar-refractivity contribution in [2.75, 3.05) is 7.11 Å². The van der Waals surface area contributed by atoms with Crippen LogP contribution in [0.4, 0.5) is 0 Å². The van der Waals surface area contributed by atoms with Crippen molar-refractivity contribution in [3.8, 4) is 5.75 Å². The quantitative estimate of drug-likeness (QED) is 0.893. The Morgan fingerprint density at radius 3 is 2.50 bits per heavy atom. The lowest BCUT2D eigenvalue weighted by Gasteiger charge is -2.34. The molecule has 0 fully saturated rings. The molecule has 1 aliphatic rings. The minimum Gasteiger partial charge on any atom is -0.497 e. The molecule has 1 aliphatic carbocycles. The largest absolute Gasteiger partial charge is 0.497 e. The van der Waals surface area contributed by atoms with Crippen molar-refractivity contribution in [3.05, 3.63) is 65.2 Å². The van der Waals surface area contributed by atoms with Crippen LogP contribution in [-0.2, 0) is 6.42 Å². The van der Waals surface area contributed by atoms with Crippen LogP contribution in [0.15, 0.2) is 48.5 Å². The molecule has 2 aromatic rings. The summed E-state index contributed by atoms with van der Waals surface area (Å²) in [5.41, 5.74) is 10.4. The fourth-order valence-electron chi connectivity index (χ4n) is 2.68. The average Bonchev–Trinajstić information content (AvgIpc) is 2.40. The Hall–Kier alpha value is -1.80. The highest BCUT2D eigenvalue weighted by atomic mass is 16.5. The highest BCUT2D eigenvalue weighted by Gasteiger charge is 2.31. The molecular weight excluding hydrogens is 222 g/mol. The molecule has 2 atom stereocenters. The molecule has 2 unspecified atom stereocenters. The van der Waals surface area contributed by atoms with Crippen molar-refractivity contribution >= 4 is 0 Å². The van der Waals surface area contributed by atoms with E-state index in [1.54, 1.807) is 7.11 Å². The van der Waals surface area contributed by atoms with E-state index in [-0.39, 0.29) is 6.04 Å². The standard InChI is InChI=1S/C16H17NO/c1-18-13-8-6-11(7-9-13)16(17)15-10-12-4-2-3-5-14(12)15/h2-9,15-16H,10,17H2,1H3. The molecule has 0 spiro atoms. The van der Waals surface area contributed by atoms with Crippen LogP contribution in [0.3, 0.4) is 0 Å². The van der Waals surface area contributed by atoms with Crippen LogP contribution in [0.2, 0.25) is 0 Å². The number of rotatable bonds is 3. The zero-order valence-corrected chi connectivity index (χ0v) is 10.5. The van der Waals surface area contributed by atoms with Gasteiger partial charge in [-0.3, -0.25) is 0 Å². The molecule has 2 aromatic carbocycles. The maximum Gasteiger partial charge on any atom is 0.118 e. The first-order chi connectivity index (χ1) is 8.79. The van der Waals surface area contributed by atoms with E-state index in [1.807, 2.05) is 12.1 Å². The third-order valence-corrected chi connectivity index (χ3v) is 3.83. The van der Waals surface area contributed by atoms with Crippen molar-refractivity contribution in [1.29, 1.82) is 0 Å². The van der Waals surface area contributed by atoms with Crippen molar-refractivity contribution in [2.24, 2.45) is 5.73 Å². The number of hydrogen-bond acceptors (Lipinski definition) is 2. The summed E-state index contributed by atoms with van der Waals surface area (Å²) in [6.07, 6.45) is 1.09. The number of benzene rings is 2. The number of hydrogen-bond donors (Lipinski definition) is 1. The van der Waals surface area contributed by atoms with Gasteiger partial charge in [0, 0.05) is 12.0 Å². The first kappa shape index (κ1) is 11.3. The number of ether oxygens (including phenoxy) is 1. The predicted octanol–water partition coefficient (Wildman–Crippen LogP) is 3.03. The lowest BCUT2D eigenvalue weighted by atomic mass is 9.72. The van der Waals surface area contributed by atoms with Gasteiger partial charge in [0.15, 0.2) is 0 Å². The normalized spacial score (nSPS) is 18.7. The van der Waals surface area contributed by atoms with E-state index in [4.69, 9.17) is 10.5 Å². The van der Waals surface area contributed by atoms with Crippen LogP contribution in [-0.4, -0.2) is 7.11 Å². The van der Waals surface area contributed by atoms with E-state index >= 15 is 0 Å². The van der Waals surface area contributed by atoms with Crippen LogP contribution < -0.4 is 10.5 Å². The Morgan fingerprint density at radius 2 is 1.83 bits per heavy atom. The Kier molecular flexibility index (Phi) is 2.80. The molecule has 2 N–H and O–H groups in total. The minimum absolute atomic E-state index is 0.0748. The average molecular weight is 239 g/mol. The molecule has 0 bridgehead atoms. The van der Waals surface area contributed by atoms with Crippen molar-refractivity contribution in [1.82, 2.24) is 0 Å². The molecule has 0 saturated heterocycles. The van der Waals surface area contributed by atoms with Gasteiger partial charge in [-0.1, -0.05) is 36.4 Å². The van der Waals surface area contributed by atoms with Crippen LogP contribution in [0.5, 0.6) is 5.75 Å². The highest BCUT2D eigenvalue weighted by Crippen LogP contribution is 2.42. The van der Waals surface area contributed by atoms with Gasteiger partial charge in [0.05, 0.1) is 7.11 Å². The summed E-state index contributed by atoms with van der Waals surface area (Å²) in [6, 6.07) is 16.7. The highest BCUT2D eigenvalue weighted by molar-refractivity contribution is 5.43. The second-order valence-corrected chi connectivity index (χ2v) is 4.81. The van der Waals surface area contributed by atoms with Crippen LogP contribution in [0, 0.1) is 0 Å². The summed E-state index contributed by atoms with van der Waals surface area (Å²) >= 11 is 0. The fourth-order valence-corrected chi connectivity index (χ4v) is 2.68. The van der Waals surface area contributed by atoms with Crippen LogP contribution in [0.1, 0.15) is 28.7 Å². The lowest BCUT2D eigenvalue weighted by molar-refractivity contribution is 0.414. The Bertz CT molecular complexity index is 547. The Morgan fingerprint density at radius 1 is 1.11 bits per heavy atom. The van der Waals surface area contributed by atoms with E-state index in [2.05, 4.69) is 36.4 Å². The summed E-state index contributed by atoms with van der Waals surface area (Å²) in [7, 11) is 1.68. The Balaban J connectivity index is 1.82. The van der Waals surface area contributed by atoms with Crippen molar-refractivity contribution in [3.63, 3.8) is 0 Å². The van der Waals surface area contributed by atoms with Gasteiger partial charge in [0.1, 0.15) is 5.75 Å². The van der Waals surface area contributed by atoms with Gasteiger partial charge < -0.3 is 10.5 Å². The van der Waals surface area contributed by atoms with Crippen LogP contribution in [0.25, 0.3) is 0 Å². The Labute approximate surface area is 107 Å². The minimum atomic E-state index is 0.0748. The molecule has 0 aromatic heterocycles. The van der Waals surface area contributed by atoms with Gasteiger partial charge in [-0.25, -0.2) is 0 Å². The molecule has 92 valence electrons. The molecule has 18 heavy (non-hydrogen) atoms. The number of fused-ring (bicyclic) bond motifs is 1. The maximum absolute atomic E-state index is 6.37. The maximum atomic E-state index is 6.37. The fraction of sp³-hybridized carbons (Fsp3) is 0.250. The van der Waals surface area contributed by atoms with Gasteiger partial charge in [0.25, 0.3) is 0 Å². The molecule has 0 aliphatic heterocycles. The molecule has 0 amide bonds. The van der Waals surface area contributed by atoms with Gasteiger partial charge in [-0.15, -0.1) is 0 Å². The van der Waals surface area contributed by atoms with Crippen molar-refractivity contribution < 1.29 is 4.74 Å². The topological polar surface area (TPSA) is 35.2 Å². The molecule has 0 radical (unpaired) electrons. The molecule has 0 saturated carbocycles. The van der Waals surface area contributed by atoms with E-state index in [0.717, 1.165) is 12.2 Å². The summed E-state index contributed by atoms with van der Waals surface area (Å²) < 4.78 is 5.17. The third kappa shape index (κ3) is 1.79. The zero-order valence-electron chi connectivity index (χ0n) is 10.5. The number of methoxy groups -OCH3 is 1. The van der Waals surface area contributed by atoms with Gasteiger partial charge in [0.2, 0.25) is 0 Å². The molecule has 0 heterocycles. The molecular formula is C16H17NO. The summed E-state index contributed by atoms with van der Waals surface area (Å²) in [5.74, 6) is 1.33. The number of nitrogens with two attached hydrogens (primary N) is 1. The smallest absolute Gasteiger partial charge is 0.118 e.